The normalized spacial score (nSPS) is 9.75. The lowest BCUT2D eigenvalue weighted by Crippen LogP contribution is -2.16. The maximum atomic E-state index is 11.6. The van der Waals surface area contributed by atoms with Gasteiger partial charge in [0, 0.05) is 5.69 Å². The Bertz CT molecular complexity index is 468. The van der Waals surface area contributed by atoms with E-state index in [1.54, 1.807) is 26.0 Å². The highest BCUT2D eigenvalue weighted by Crippen LogP contribution is 2.09. The van der Waals surface area contributed by atoms with Crippen LogP contribution in [0.3, 0.4) is 0 Å². The van der Waals surface area contributed by atoms with E-state index in [9.17, 15) is 14.4 Å². The Hall–Kier alpha value is -2.57. The van der Waals surface area contributed by atoms with Crippen molar-refractivity contribution in [1.82, 2.24) is 0 Å². The summed E-state index contributed by atoms with van der Waals surface area (Å²) in [5.41, 5.74) is 0.815. The first kappa shape index (κ1) is 15.5. The highest BCUT2D eigenvalue weighted by atomic mass is 16.8. The quantitative estimate of drug-likeness (QED) is 0.486. The predicted octanol–water partition coefficient (Wildman–Crippen LogP) is 1.93. The number of hydrogen-bond donors (Lipinski definition) is 1. The summed E-state index contributed by atoms with van der Waals surface area (Å²) in [6, 6.07) is 6.03. The van der Waals surface area contributed by atoms with Crippen LogP contribution >= 0.6 is 0 Å². The van der Waals surface area contributed by atoms with Crippen LogP contribution in [0.5, 0.6) is 0 Å². The molecule has 0 fully saturated rings. The van der Waals surface area contributed by atoms with E-state index in [1.807, 2.05) is 0 Å². The lowest BCUT2D eigenvalue weighted by molar-refractivity contribution is -0.105. The Morgan fingerprint density at radius 3 is 2.40 bits per heavy atom. The number of amides is 1. The van der Waals surface area contributed by atoms with Crippen LogP contribution in [-0.4, -0.2) is 31.4 Å². The van der Waals surface area contributed by atoms with Gasteiger partial charge in [-0.15, -0.1) is 0 Å². The summed E-state index contributed by atoms with van der Waals surface area (Å²) >= 11 is 0. The van der Waals surface area contributed by atoms with Gasteiger partial charge in [-0.05, 0) is 38.1 Å². The molecule has 1 aromatic carbocycles. The number of ether oxygens (including phenoxy) is 3. The van der Waals surface area contributed by atoms with E-state index in [-0.39, 0.29) is 11.7 Å². The van der Waals surface area contributed by atoms with E-state index in [2.05, 4.69) is 14.8 Å². The molecule has 0 radical (unpaired) electrons. The van der Waals surface area contributed by atoms with Gasteiger partial charge >= 0.3 is 12.1 Å². The van der Waals surface area contributed by atoms with Gasteiger partial charge in [0.2, 0.25) is 13.2 Å². The molecule has 1 amide bonds. The molecule has 1 aromatic rings. The van der Waals surface area contributed by atoms with E-state index in [4.69, 9.17) is 4.74 Å². The third-order valence-corrected chi connectivity index (χ3v) is 2.04. The summed E-state index contributed by atoms with van der Waals surface area (Å²) in [5, 5.41) is 2.43. The molecule has 0 aliphatic carbocycles. The van der Waals surface area contributed by atoms with E-state index in [0.29, 0.717) is 12.1 Å². The standard InChI is InChI=1S/C13H15NO6/c1-9(2)20-13(17)19-8-18-12(16)10-3-5-11(6-4-10)14-7-15/h3-7,9H,8H2,1-2H3,(H,14,15). The number of nitrogens with one attached hydrogen (secondary N) is 1. The number of carbonyl (C=O) groups is 3. The minimum atomic E-state index is -0.904. The molecule has 0 heterocycles. The van der Waals surface area contributed by atoms with Crippen molar-refractivity contribution in [3.8, 4) is 0 Å². The van der Waals surface area contributed by atoms with Crippen molar-refractivity contribution in [2.24, 2.45) is 0 Å². The largest absolute Gasteiger partial charge is 0.511 e. The van der Waals surface area contributed by atoms with Gasteiger partial charge in [-0.1, -0.05) is 0 Å². The Morgan fingerprint density at radius 2 is 1.85 bits per heavy atom. The summed E-state index contributed by atoms with van der Waals surface area (Å²) in [6.45, 7) is 2.81. The van der Waals surface area contributed by atoms with Crippen molar-refractivity contribution in [3.05, 3.63) is 29.8 Å². The predicted molar refractivity (Wildman–Crippen MR) is 69.1 cm³/mol. The highest BCUT2D eigenvalue weighted by Gasteiger charge is 2.10. The van der Waals surface area contributed by atoms with Gasteiger partial charge in [-0.3, -0.25) is 4.79 Å². The zero-order valence-electron chi connectivity index (χ0n) is 11.1. The van der Waals surface area contributed by atoms with E-state index in [1.165, 1.54) is 12.1 Å². The SMILES string of the molecule is CC(C)OC(=O)OCOC(=O)c1ccc(NC=O)cc1. The first-order valence-electron chi connectivity index (χ1n) is 5.83. The number of anilines is 1. The monoisotopic (exact) mass is 281 g/mol. The number of benzene rings is 1. The molecule has 0 saturated heterocycles. The molecular formula is C13H15NO6. The Kier molecular flexibility index (Phi) is 6.02. The maximum Gasteiger partial charge on any atom is 0.511 e. The summed E-state index contributed by atoms with van der Waals surface area (Å²) in [4.78, 5) is 32.8. The molecule has 108 valence electrons. The first-order valence-corrected chi connectivity index (χ1v) is 5.83. The van der Waals surface area contributed by atoms with Crippen molar-refractivity contribution in [3.63, 3.8) is 0 Å². The molecule has 0 atom stereocenters. The molecule has 7 heteroatoms. The van der Waals surface area contributed by atoms with Gasteiger partial charge in [0.15, 0.2) is 0 Å². The highest BCUT2D eigenvalue weighted by molar-refractivity contribution is 5.90. The van der Waals surface area contributed by atoms with Crippen LogP contribution in [0.4, 0.5) is 10.5 Å². The van der Waals surface area contributed by atoms with Gasteiger partial charge in [-0.25, -0.2) is 9.59 Å². The fourth-order valence-electron chi connectivity index (χ4n) is 1.21. The van der Waals surface area contributed by atoms with E-state index >= 15 is 0 Å². The maximum absolute atomic E-state index is 11.6. The van der Waals surface area contributed by atoms with Crippen LogP contribution in [0, 0.1) is 0 Å². The molecule has 1 rings (SSSR count). The first-order chi connectivity index (χ1) is 9.52. The van der Waals surface area contributed by atoms with Crippen LogP contribution < -0.4 is 5.32 Å². The lowest BCUT2D eigenvalue weighted by Gasteiger charge is -2.09. The smallest absolute Gasteiger partial charge is 0.431 e. The van der Waals surface area contributed by atoms with Crippen LogP contribution in [0.15, 0.2) is 24.3 Å². The van der Waals surface area contributed by atoms with Crippen molar-refractivity contribution in [1.29, 1.82) is 0 Å². The average Bonchev–Trinajstić information content (AvgIpc) is 2.39. The molecular weight excluding hydrogens is 266 g/mol. The topological polar surface area (TPSA) is 90.9 Å². The zero-order chi connectivity index (χ0) is 15.0. The molecule has 0 saturated carbocycles. The molecule has 0 spiro atoms. The van der Waals surface area contributed by atoms with Gasteiger partial charge in [0.1, 0.15) is 0 Å². The Balaban J connectivity index is 2.39. The summed E-state index contributed by atoms with van der Waals surface area (Å²) in [7, 11) is 0. The average molecular weight is 281 g/mol. The number of esters is 1. The van der Waals surface area contributed by atoms with Gasteiger partial charge in [-0.2, -0.15) is 0 Å². The van der Waals surface area contributed by atoms with Crippen molar-refractivity contribution >= 4 is 24.2 Å². The zero-order valence-corrected chi connectivity index (χ0v) is 11.1. The second kappa shape index (κ2) is 7.78. The summed E-state index contributed by atoms with van der Waals surface area (Å²) < 4.78 is 14.0. The second-order valence-electron chi connectivity index (χ2n) is 3.95. The summed E-state index contributed by atoms with van der Waals surface area (Å²) in [5.74, 6) is -0.653. The Labute approximate surface area is 115 Å². The fraction of sp³-hybridized carbons (Fsp3) is 0.308. The second-order valence-corrected chi connectivity index (χ2v) is 3.95. The molecule has 0 aliphatic rings. The van der Waals surface area contributed by atoms with Crippen LogP contribution in [0.1, 0.15) is 24.2 Å². The number of carbonyl (C=O) groups excluding carboxylic acids is 3. The van der Waals surface area contributed by atoms with Gasteiger partial charge in [0.25, 0.3) is 0 Å². The molecule has 0 bridgehead atoms. The van der Waals surface area contributed by atoms with Crippen molar-refractivity contribution in [2.45, 2.75) is 20.0 Å². The summed E-state index contributed by atoms with van der Waals surface area (Å²) in [6.07, 6.45) is -0.684. The van der Waals surface area contributed by atoms with Crippen molar-refractivity contribution in [2.75, 3.05) is 12.1 Å². The van der Waals surface area contributed by atoms with Gasteiger partial charge < -0.3 is 19.5 Å². The van der Waals surface area contributed by atoms with Crippen LogP contribution in [0.25, 0.3) is 0 Å². The number of hydrogen-bond acceptors (Lipinski definition) is 6. The van der Waals surface area contributed by atoms with E-state index in [0.717, 1.165) is 0 Å². The third kappa shape index (κ3) is 5.38. The molecule has 20 heavy (non-hydrogen) atoms. The van der Waals surface area contributed by atoms with Crippen molar-refractivity contribution < 1.29 is 28.6 Å². The van der Waals surface area contributed by atoms with Crippen LogP contribution in [-0.2, 0) is 19.0 Å². The molecule has 0 unspecified atom stereocenters. The van der Waals surface area contributed by atoms with Crippen LogP contribution in [0.2, 0.25) is 0 Å². The fourth-order valence-corrected chi connectivity index (χ4v) is 1.21. The third-order valence-electron chi connectivity index (χ3n) is 2.04. The van der Waals surface area contributed by atoms with E-state index < -0.39 is 18.9 Å². The molecule has 1 N–H and O–H groups in total. The molecule has 7 nitrogen and oxygen atoms in total. The Morgan fingerprint density at radius 1 is 1.20 bits per heavy atom. The minimum absolute atomic E-state index is 0.266. The van der Waals surface area contributed by atoms with Gasteiger partial charge in [0.05, 0.1) is 11.7 Å². The molecule has 0 aliphatic heterocycles. The molecule has 0 aromatic heterocycles. The lowest BCUT2D eigenvalue weighted by atomic mass is 10.2. The number of rotatable bonds is 6. The minimum Gasteiger partial charge on any atom is -0.431 e.